The van der Waals surface area contributed by atoms with Crippen LogP contribution in [-0.2, 0) is 4.79 Å². The summed E-state index contributed by atoms with van der Waals surface area (Å²) in [6.45, 7) is 3.78. The van der Waals surface area contributed by atoms with Crippen molar-refractivity contribution in [3.8, 4) is 0 Å². The minimum absolute atomic E-state index is 0.106. The molecule has 1 saturated carbocycles. The van der Waals surface area contributed by atoms with Gasteiger partial charge in [-0.2, -0.15) is 0 Å². The topological polar surface area (TPSA) is 46.3 Å². The van der Waals surface area contributed by atoms with Crippen molar-refractivity contribution >= 4 is 17.3 Å². The summed E-state index contributed by atoms with van der Waals surface area (Å²) >= 11 is 0. The van der Waals surface area contributed by atoms with Gasteiger partial charge in [-0.25, -0.2) is 0 Å². The van der Waals surface area contributed by atoms with Gasteiger partial charge in [-0.05, 0) is 36.6 Å². The number of carbonyl (C=O) groups excluding carboxylic acids is 1. The highest BCUT2D eigenvalue weighted by atomic mass is 16.2. The second-order valence-corrected chi connectivity index (χ2v) is 4.26. The summed E-state index contributed by atoms with van der Waals surface area (Å²) in [4.78, 5) is 13.4. The van der Waals surface area contributed by atoms with Crippen molar-refractivity contribution in [3.05, 3.63) is 24.3 Å². The first-order chi connectivity index (χ1) is 7.09. The van der Waals surface area contributed by atoms with Crippen molar-refractivity contribution in [2.45, 2.75) is 26.3 Å². The molecule has 2 N–H and O–H groups in total. The molecule has 1 aliphatic rings. The Hall–Kier alpha value is -1.51. The van der Waals surface area contributed by atoms with Crippen LogP contribution in [0.1, 0.15) is 20.3 Å². The number of nitrogens with zero attached hydrogens (tertiary/aromatic N) is 1. The van der Waals surface area contributed by atoms with Crippen LogP contribution in [0.4, 0.5) is 11.4 Å². The minimum atomic E-state index is 0.106. The molecule has 1 aliphatic carbocycles. The summed E-state index contributed by atoms with van der Waals surface area (Å²) in [5.41, 5.74) is 7.30. The lowest BCUT2D eigenvalue weighted by atomic mass is 10.2. The monoisotopic (exact) mass is 204 g/mol. The van der Waals surface area contributed by atoms with Crippen LogP contribution in [0.5, 0.6) is 0 Å². The molecule has 1 amide bonds. The van der Waals surface area contributed by atoms with Gasteiger partial charge in [-0.15, -0.1) is 0 Å². The van der Waals surface area contributed by atoms with Crippen LogP contribution < -0.4 is 10.6 Å². The van der Waals surface area contributed by atoms with Crippen molar-refractivity contribution in [2.75, 3.05) is 10.6 Å². The molecule has 2 rings (SSSR count). The molecule has 3 heteroatoms. The molecule has 2 atom stereocenters. The van der Waals surface area contributed by atoms with Crippen molar-refractivity contribution in [1.82, 2.24) is 0 Å². The molecule has 1 aromatic carbocycles. The van der Waals surface area contributed by atoms with E-state index in [-0.39, 0.29) is 5.91 Å². The molecular weight excluding hydrogens is 188 g/mol. The Balaban J connectivity index is 2.25. The number of hydrogen-bond acceptors (Lipinski definition) is 2. The number of hydrogen-bond donors (Lipinski definition) is 1. The lowest BCUT2D eigenvalue weighted by Crippen LogP contribution is -2.31. The summed E-state index contributed by atoms with van der Waals surface area (Å²) in [5.74, 6) is 0.723. The fourth-order valence-electron chi connectivity index (χ4n) is 1.90. The summed E-state index contributed by atoms with van der Waals surface area (Å²) < 4.78 is 0. The molecule has 1 fully saturated rings. The highest BCUT2D eigenvalue weighted by Gasteiger charge is 2.40. The van der Waals surface area contributed by atoms with E-state index in [4.69, 9.17) is 5.73 Å². The highest BCUT2D eigenvalue weighted by molar-refractivity contribution is 5.92. The number of amides is 1. The predicted molar refractivity (Wildman–Crippen MR) is 61.6 cm³/mol. The molecule has 0 radical (unpaired) electrons. The van der Waals surface area contributed by atoms with Crippen molar-refractivity contribution in [2.24, 2.45) is 5.92 Å². The number of anilines is 2. The van der Waals surface area contributed by atoms with Crippen LogP contribution in [0, 0.1) is 5.92 Å². The Morgan fingerprint density at radius 3 is 2.33 bits per heavy atom. The summed E-state index contributed by atoms with van der Waals surface area (Å²) in [6, 6.07) is 7.85. The molecule has 0 saturated heterocycles. The van der Waals surface area contributed by atoms with E-state index in [2.05, 4.69) is 6.92 Å². The third-order valence-electron chi connectivity index (χ3n) is 2.91. The standard InChI is InChI=1S/C12H16N2O/c1-8-7-12(8)14(9(2)15)11-5-3-10(13)4-6-11/h3-6,8,12H,7,13H2,1-2H3/t8-,12-/m0/s1. The van der Waals surface area contributed by atoms with Gasteiger partial charge >= 0.3 is 0 Å². The SMILES string of the molecule is CC(=O)N(c1ccc(N)cc1)[C@H]1C[C@@H]1C. The van der Waals surface area contributed by atoms with Gasteiger partial charge in [0.1, 0.15) is 0 Å². The average molecular weight is 204 g/mol. The molecule has 0 aliphatic heterocycles. The van der Waals surface area contributed by atoms with Gasteiger partial charge in [0.2, 0.25) is 5.91 Å². The Kier molecular flexibility index (Phi) is 2.39. The smallest absolute Gasteiger partial charge is 0.224 e. The zero-order valence-corrected chi connectivity index (χ0v) is 9.10. The highest BCUT2D eigenvalue weighted by Crippen LogP contribution is 2.38. The Labute approximate surface area is 89.9 Å². The van der Waals surface area contributed by atoms with Crippen LogP contribution in [0.3, 0.4) is 0 Å². The Morgan fingerprint density at radius 1 is 1.40 bits per heavy atom. The molecular formula is C12H16N2O. The number of nitrogens with two attached hydrogens (primary N) is 1. The fraction of sp³-hybridized carbons (Fsp3) is 0.417. The van der Waals surface area contributed by atoms with Gasteiger partial charge < -0.3 is 10.6 Å². The normalized spacial score (nSPS) is 23.6. The molecule has 15 heavy (non-hydrogen) atoms. The number of rotatable bonds is 2. The third kappa shape index (κ3) is 1.96. The quantitative estimate of drug-likeness (QED) is 0.749. The van der Waals surface area contributed by atoms with Crippen LogP contribution in [0.25, 0.3) is 0 Å². The second kappa shape index (κ2) is 3.57. The predicted octanol–water partition coefficient (Wildman–Crippen LogP) is 2.03. The van der Waals surface area contributed by atoms with Gasteiger partial charge in [0.15, 0.2) is 0 Å². The number of benzene rings is 1. The van der Waals surface area contributed by atoms with E-state index in [1.807, 2.05) is 29.2 Å². The molecule has 0 aromatic heterocycles. The molecule has 0 spiro atoms. The second-order valence-electron chi connectivity index (χ2n) is 4.26. The number of nitrogen functional groups attached to an aromatic ring is 1. The molecule has 0 bridgehead atoms. The van der Waals surface area contributed by atoms with Crippen LogP contribution in [0.15, 0.2) is 24.3 Å². The first-order valence-electron chi connectivity index (χ1n) is 5.25. The van der Waals surface area contributed by atoms with E-state index in [9.17, 15) is 4.79 Å². The first-order valence-corrected chi connectivity index (χ1v) is 5.25. The van der Waals surface area contributed by atoms with Gasteiger partial charge in [-0.3, -0.25) is 4.79 Å². The summed E-state index contributed by atoms with van der Waals surface area (Å²) in [6.07, 6.45) is 1.10. The molecule has 0 heterocycles. The average Bonchev–Trinajstić information content (AvgIpc) is 2.86. The Bertz CT molecular complexity index is 372. The maximum atomic E-state index is 11.6. The van der Waals surface area contributed by atoms with Gasteiger partial charge in [0.25, 0.3) is 0 Å². The van der Waals surface area contributed by atoms with E-state index in [0.29, 0.717) is 12.0 Å². The van der Waals surface area contributed by atoms with E-state index < -0.39 is 0 Å². The lowest BCUT2D eigenvalue weighted by Gasteiger charge is -2.21. The van der Waals surface area contributed by atoms with E-state index in [1.54, 1.807) is 6.92 Å². The van der Waals surface area contributed by atoms with Gasteiger partial charge in [0.05, 0.1) is 0 Å². The number of carbonyl (C=O) groups is 1. The first kappa shape index (κ1) is 10.0. The zero-order chi connectivity index (χ0) is 11.0. The molecule has 1 aromatic rings. The maximum Gasteiger partial charge on any atom is 0.224 e. The van der Waals surface area contributed by atoms with E-state index >= 15 is 0 Å². The summed E-state index contributed by atoms with van der Waals surface area (Å²) in [5, 5.41) is 0. The van der Waals surface area contributed by atoms with E-state index in [0.717, 1.165) is 17.8 Å². The lowest BCUT2D eigenvalue weighted by molar-refractivity contribution is -0.116. The Morgan fingerprint density at radius 2 is 1.93 bits per heavy atom. The zero-order valence-electron chi connectivity index (χ0n) is 9.10. The molecule has 3 nitrogen and oxygen atoms in total. The van der Waals surface area contributed by atoms with Crippen molar-refractivity contribution in [3.63, 3.8) is 0 Å². The maximum absolute atomic E-state index is 11.6. The third-order valence-corrected chi connectivity index (χ3v) is 2.91. The minimum Gasteiger partial charge on any atom is -0.399 e. The van der Waals surface area contributed by atoms with Gasteiger partial charge in [-0.1, -0.05) is 6.92 Å². The van der Waals surface area contributed by atoms with Crippen LogP contribution >= 0.6 is 0 Å². The van der Waals surface area contributed by atoms with Crippen molar-refractivity contribution in [1.29, 1.82) is 0 Å². The van der Waals surface area contributed by atoms with E-state index in [1.165, 1.54) is 0 Å². The summed E-state index contributed by atoms with van der Waals surface area (Å²) in [7, 11) is 0. The molecule has 0 unspecified atom stereocenters. The van der Waals surface area contributed by atoms with Crippen molar-refractivity contribution < 1.29 is 4.79 Å². The van der Waals surface area contributed by atoms with Crippen LogP contribution in [0.2, 0.25) is 0 Å². The largest absolute Gasteiger partial charge is 0.399 e. The molecule has 80 valence electrons. The van der Waals surface area contributed by atoms with Gasteiger partial charge in [0, 0.05) is 24.3 Å². The van der Waals surface area contributed by atoms with Crippen LogP contribution in [-0.4, -0.2) is 11.9 Å². The fourth-order valence-corrected chi connectivity index (χ4v) is 1.90.